The number of rotatable bonds is 1. The lowest BCUT2D eigenvalue weighted by molar-refractivity contribution is -0.139. The Morgan fingerprint density at radius 1 is 1.86 bits per heavy atom. The second-order valence-corrected chi connectivity index (χ2v) is 3.76. The van der Waals surface area contributed by atoms with E-state index in [4.69, 9.17) is 9.84 Å². The molecule has 0 spiro atoms. The van der Waals surface area contributed by atoms with Crippen LogP contribution in [-0.2, 0) is 9.53 Å². The number of nitrogens with one attached hydrogen (secondary N) is 1. The highest BCUT2D eigenvalue weighted by atomic mass is 32.1. The second-order valence-electron chi connectivity index (χ2n) is 2.66. The Kier molecular flexibility index (Phi) is 4.51. The van der Waals surface area contributed by atoms with Crippen LogP contribution in [0.25, 0.3) is 0 Å². The largest absolute Gasteiger partial charge is 0.480 e. The monoisotopic (exact) mass is 216 g/mol. The molecule has 1 unspecified atom stereocenters. The van der Waals surface area contributed by atoms with E-state index in [9.17, 15) is 4.79 Å². The molecule has 1 aromatic heterocycles. The number of hydrogen-bond donors (Lipinski definition) is 2. The van der Waals surface area contributed by atoms with Crippen LogP contribution in [0.5, 0.6) is 0 Å². The highest BCUT2D eigenvalue weighted by Crippen LogP contribution is 1.98. The van der Waals surface area contributed by atoms with Gasteiger partial charge in [-0.05, 0) is 6.92 Å². The van der Waals surface area contributed by atoms with Crippen molar-refractivity contribution in [1.82, 2.24) is 10.3 Å². The van der Waals surface area contributed by atoms with Gasteiger partial charge in [0.2, 0.25) is 0 Å². The fraction of sp³-hybridized carbons (Fsp3) is 0.500. The van der Waals surface area contributed by atoms with Crippen molar-refractivity contribution in [3.8, 4) is 0 Å². The molecule has 5 nitrogen and oxygen atoms in total. The average Bonchev–Trinajstić information content (AvgIpc) is 2.75. The van der Waals surface area contributed by atoms with Crippen molar-refractivity contribution in [2.45, 2.75) is 13.0 Å². The van der Waals surface area contributed by atoms with Gasteiger partial charge in [0.25, 0.3) is 0 Å². The lowest BCUT2D eigenvalue weighted by Crippen LogP contribution is -2.32. The molecule has 0 saturated carbocycles. The first-order valence-corrected chi connectivity index (χ1v) is 4.98. The van der Waals surface area contributed by atoms with Crippen molar-refractivity contribution in [1.29, 1.82) is 0 Å². The summed E-state index contributed by atoms with van der Waals surface area (Å²) in [5.74, 6) is -0.845. The second kappa shape index (κ2) is 5.69. The number of aliphatic carboxylic acids is 1. The molecule has 1 aliphatic rings. The van der Waals surface area contributed by atoms with Crippen LogP contribution in [0.1, 0.15) is 5.01 Å². The fourth-order valence-electron chi connectivity index (χ4n) is 0.849. The summed E-state index contributed by atoms with van der Waals surface area (Å²) in [6.45, 7) is 2.64. The van der Waals surface area contributed by atoms with E-state index >= 15 is 0 Å². The first kappa shape index (κ1) is 11.1. The molecule has 0 aliphatic carbocycles. The molecule has 1 atom stereocenters. The molecular formula is C8H12N2O3S. The Morgan fingerprint density at radius 3 is 2.86 bits per heavy atom. The standard InChI is InChI=1S/C4H7NO3.C4H5NS/c6-4(7)3-1-8-2-5-3;1-4-5-2-3-6-4/h3,5H,1-2H2,(H,6,7);2-3H,1H3. The van der Waals surface area contributed by atoms with Gasteiger partial charge in [0.05, 0.1) is 18.3 Å². The smallest absolute Gasteiger partial charge is 0.323 e. The topological polar surface area (TPSA) is 71.5 Å². The van der Waals surface area contributed by atoms with Crippen LogP contribution in [0.4, 0.5) is 0 Å². The first-order chi connectivity index (χ1) is 6.70. The van der Waals surface area contributed by atoms with E-state index < -0.39 is 12.0 Å². The zero-order valence-electron chi connectivity index (χ0n) is 7.77. The van der Waals surface area contributed by atoms with Crippen molar-refractivity contribution in [3.05, 3.63) is 16.6 Å². The van der Waals surface area contributed by atoms with Crippen molar-refractivity contribution in [3.63, 3.8) is 0 Å². The molecule has 2 N–H and O–H groups in total. The van der Waals surface area contributed by atoms with Crippen molar-refractivity contribution in [2.24, 2.45) is 0 Å². The van der Waals surface area contributed by atoms with E-state index in [1.165, 1.54) is 0 Å². The highest BCUT2D eigenvalue weighted by molar-refractivity contribution is 7.09. The van der Waals surface area contributed by atoms with Crippen LogP contribution in [0.2, 0.25) is 0 Å². The van der Waals surface area contributed by atoms with Gasteiger partial charge in [-0.2, -0.15) is 0 Å². The van der Waals surface area contributed by atoms with E-state index in [0.717, 1.165) is 5.01 Å². The molecule has 2 heterocycles. The van der Waals surface area contributed by atoms with E-state index in [2.05, 4.69) is 10.3 Å². The average molecular weight is 216 g/mol. The van der Waals surface area contributed by atoms with Crippen LogP contribution in [0, 0.1) is 6.92 Å². The Balaban J connectivity index is 0.000000146. The van der Waals surface area contributed by atoms with Crippen molar-refractivity contribution >= 4 is 17.3 Å². The lowest BCUT2D eigenvalue weighted by Gasteiger charge is -1.96. The molecule has 1 fully saturated rings. The fourth-order valence-corrected chi connectivity index (χ4v) is 1.29. The Hall–Kier alpha value is -0.980. The van der Waals surface area contributed by atoms with Crippen LogP contribution in [0.3, 0.4) is 0 Å². The van der Waals surface area contributed by atoms with Crippen LogP contribution >= 0.6 is 11.3 Å². The normalized spacial score (nSPS) is 19.9. The summed E-state index contributed by atoms with van der Waals surface area (Å²) in [5, 5.41) is 14.0. The molecule has 1 aliphatic heterocycles. The third-order valence-electron chi connectivity index (χ3n) is 1.57. The number of carboxylic acid groups (broad SMARTS) is 1. The molecule has 14 heavy (non-hydrogen) atoms. The maximum Gasteiger partial charge on any atom is 0.323 e. The predicted octanol–water partition coefficient (Wildman–Crippen LogP) is 0.468. The lowest BCUT2D eigenvalue weighted by atomic mass is 10.3. The molecule has 1 saturated heterocycles. The molecule has 0 bridgehead atoms. The number of nitrogens with zero attached hydrogens (tertiary/aromatic N) is 1. The summed E-state index contributed by atoms with van der Waals surface area (Å²) >= 11 is 1.67. The van der Waals surface area contributed by atoms with E-state index in [0.29, 0.717) is 6.73 Å². The summed E-state index contributed by atoms with van der Waals surface area (Å²) < 4.78 is 4.73. The van der Waals surface area contributed by atoms with Gasteiger partial charge in [-0.15, -0.1) is 11.3 Å². The Labute approximate surface area is 85.7 Å². The summed E-state index contributed by atoms with van der Waals surface area (Å²) in [4.78, 5) is 14.0. The minimum atomic E-state index is -0.845. The highest BCUT2D eigenvalue weighted by Gasteiger charge is 2.20. The molecular weight excluding hydrogens is 204 g/mol. The van der Waals surface area contributed by atoms with Crippen LogP contribution in [-0.4, -0.2) is 35.4 Å². The molecule has 1 aromatic rings. The molecule has 0 aromatic carbocycles. The number of carbonyl (C=O) groups is 1. The van der Waals surface area contributed by atoms with Crippen LogP contribution in [0.15, 0.2) is 11.6 Å². The number of thiazole rings is 1. The summed E-state index contributed by atoms with van der Waals surface area (Å²) in [5.41, 5.74) is 0. The quantitative estimate of drug-likeness (QED) is 0.714. The number of hydrogen-bond acceptors (Lipinski definition) is 5. The molecule has 6 heteroatoms. The summed E-state index contributed by atoms with van der Waals surface area (Å²) in [7, 11) is 0. The number of aromatic nitrogens is 1. The van der Waals surface area contributed by atoms with E-state index in [1.54, 1.807) is 17.5 Å². The van der Waals surface area contributed by atoms with Gasteiger partial charge in [0, 0.05) is 11.6 Å². The summed E-state index contributed by atoms with van der Waals surface area (Å²) in [6.07, 6.45) is 1.81. The van der Waals surface area contributed by atoms with Crippen LogP contribution < -0.4 is 5.32 Å². The van der Waals surface area contributed by atoms with Gasteiger partial charge < -0.3 is 9.84 Å². The number of ether oxygens (including phenoxy) is 1. The van der Waals surface area contributed by atoms with Gasteiger partial charge in [0.15, 0.2) is 0 Å². The SMILES string of the molecule is Cc1nccs1.O=C(O)C1COCN1. The predicted molar refractivity (Wildman–Crippen MR) is 52.2 cm³/mol. The van der Waals surface area contributed by atoms with Crippen molar-refractivity contribution in [2.75, 3.05) is 13.3 Å². The number of carboxylic acids is 1. The number of aryl methyl sites for hydroxylation is 1. The minimum absolute atomic E-state index is 0.287. The van der Waals surface area contributed by atoms with Gasteiger partial charge >= 0.3 is 5.97 Å². The summed E-state index contributed by atoms with van der Waals surface area (Å²) in [6, 6.07) is -0.491. The van der Waals surface area contributed by atoms with Gasteiger partial charge in [-0.25, -0.2) is 0 Å². The van der Waals surface area contributed by atoms with Crippen molar-refractivity contribution < 1.29 is 14.6 Å². The van der Waals surface area contributed by atoms with E-state index in [-0.39, 0.29) is 6.61 Å². The Morgan fingerprint density at radius 2 is 2.64 bits per heavy atom. The first-order valence-electron chi connectivity index (χ1n) is 4.10. The maximum atomic E-state index is 10.1. The molecule has 0 amide bonds. The molecule has 78 valence electrons. The zero-order valence-corrected chi connectivity index (χ0v) is 8.58. The third kappa shape index (κ3) is 3.82. The minimum Gasteiger partial charge on any atom is -0.480 e. The third-order valence-corrected chi connectivity index (χ3v) is 2.27. The van der Waals surface area contributed by atoms with Gasteiger partial charge in [0.1, 0.15) is 6.04 Å². The van der Waals surface area contributed by atoms with Gasteiger partial charge in [-0.3, -0.25) is 15.1 Å². The molecule has 2 rings (SSSR count). The van der Waals surface area contributed by atoms with E-state index in [1.807, 2.05) is 12.3 Å². The molecule has 0 radical (unpaired) electrons. The zero-order chi connectivity index (χ0) is 10.4. The Bertz CT molecular complexity index is 270. The maximum absolute atomic E-state index is 10.1. The van der Waals surface area contributed by atoms with Gasteiger partial charge in [-0.1, -0.05) is 0 Å².